The number of hydrogen-bond acceptors (Lipinski definition) is 2. The van der Waals surface area contributed by atoms with E-state index in [0.717, 1.165) is 29.5 Å². The van der Waals surface area contributed by atoms with Gasteiger partial charge in [0.25, 0.3) is 0 Å². The van der Waals surface area contributed by atoms with Gasteiger partial charge in [0.05, 0.1) is 12.8 Å². The molecule has 1 atom stereocenters. The highest BCUT2D eigenvalue weighted by molar-refractivity contribution is 5.63. The molecular weight excluding hydrogens is 253 g/mol. The lowest BCUT2D eigenvalue weighted by Crippen LogP contribution is -2.18. The van der Waals surface area contributed by atoms with Crippen LogP contribution in [0.15, 0.2) is 48.8 Å². The molecule has 2 nitrogen and oxygen atoms in total. The molecule has 1 saturated carbocycles. The van der Waals surface area contributed by atoms with Crippen LogP contribution in [0.5, 0.6) is 0 Å². The van der Waals surface area contributed by atoms with E-state index in [1.54, 1.807) is 19.5 Å². The molecule has 20 heavy (non-hydrogen) atoms. The number of aromatic nitrogens is 1. The Labute approximate surface area is 118 Å². The van der Waals surface area contributed by atoms with Gasteiger partial charge in [0, 0.05) is 24.9 Å². The maximum absolute atomic E-state index is 13.2. The molecule has 0 aliphatic heterocycles. The highest BCUT2D eigenvalue weighted by Crippen LogP contribution is 2.56. The number of alkyl halides is 1. The fourth-order valence-corrected chi connectivity index (χ4v) is 2.76. The number of benzene rings is 1. The fraction of sp³-hybridized carbons (Fsp3) is 0.353. The van der Waals surface area contributed by atoms with E-state index in [9.17, 15) is 4.39 Å². The molecule has 0 amide bonds. The van der Waals surface area contributed by atoms with Gasteiger partial charge in [0.15, 0.2) is 0 Å². The van der Waals surface area contributed by atoms with Crippen LogP contribution in [0.3, 0.4) is 0 Å². The first-order valence-corrected chi connectivity index (χ1v) is 6.88. The topological polar surface area (TPSA) is 22.1 Å². The number of halogens is 1. The number of nitrogens with zero attached hydrogens (tertiary/aromatic N) is 1. The number of methoxy groups -OCH3 is 1. The van der Waals surface area contributed by atoms with Crippen molar-refractivity contribution < 1.29 is 9.13 Å². The van der Waals surface area contributed by atoms with Crippen molar-refractivity contribution in [1.82, 2.24) is 4.98 Å². The molecule has 1 aliphatic carbocycles. The minimum atomic E-state index is -0.308. The molecule has 1 aromatic carbocycles. The minimum absolute atomic E-state index is 0.140. The van der Waals surface area contributed by atoms with Crippen molar-refractivity contribution in [3.05, 3.63) is 54.4 Å². The van der Waals surface area contributed by atoms with E-state index < -0.39 is 0 Å². The summed E-state index contributed by atoms with van der Waals surface area (Å²) in [5.74, 6) is 0. The third-order valence-corrected chi connectivity index (χ3v) is 4.18. The van der Waals surface area contributed by atoms with Gasteiger partial charge in [0.1, 0.15) is 0 Å². The van der Waals surface area contributed by atoms with Crippen molar-refractivity contribution in [3.63, 3.8) is 0 Å². The number of rotatable bonds is 5. The first kappa shape index (κ1) is 13.3. The Morgan fingerprint density at radius 3 is 2.20 bits per heavy atom. The molecule has 0 bridgehead atoms. The quantitative estimate of drug-likeness (QED) is 0.813. The summed E-state index contributed by atoms with van der Waals surface area (Å²) in [5, 5.41) is 0. The van der Waals surface area contributed by atoms with Gasteiger partial charge < -0.3 is 4.74 Å². The Balaban J connectivity index is 1.86. The van der Waals surface area contributed by atoms with Crippen molar-refractivity contribution in [3.8, 4) is 11.1 Å². The Bertz CT molecular complexity index is 563. The zero-order valence-electron chi connectivity index (χ0n) is 11.6. The minimum Gasteiger partial charge on any atom is -0.376 e. The van der Waals surface area contributed by atoms with E-state index in [1.807, 2.05) is 24.3 Å². The Morgan fingerprint density at radius 2 is 1.70 bits per heavy atom. The van der Waals surface area contributed by atoms with E-state index >= 15 is 0 Å². The number of hydrogen-bond donors (Lipinski definition) is 0. The highest BCUT2D eigenvalue weighted by atomic mass is 19.1. The number of pyridine rings is 1. The van der Waals surface area contributed by atoms with Gasteiger partial charge in [-0.05, 0) is 41.7 Å². The maximum atomic E-state index is 13.2. The smallest absolute Gasteiger partial charge is 0.0978 e. The first-order valence-electron chi connectivity index (χ1n) is 6.88. The van der Waals surface area contributed by atoms with Gasteiger partial charge in [-0.3, -0.25) is 9.37 Å². The lowest BCUT2D eigenvalue weighted by atomic mass is 9.92. The summed E-state index contributed by atoms with van der Waals surface area (Å²) >= 11 is 0. The van der Waals surface area contributed by atoms with Gasteiger partial charge in [-0.15, -0.1) is 0 Å². The highest BCUT2D eigenvalue weighted by Gasteiger charge is 2.50. The summed E-state index contributed by atoms with van der Waals surface area (Å²) in [5.41, 5.74) is 3.04. The van der Waals surface area contributed by atoms with Crippen molar-refractivity contribution in [2.45, 2.75) is 18.9 Å². The summed E-state index contributed by atoms with van der Waals surface area (Å²) < 4.78 is 18.8. The molecule has 0 radical (unpaired) electrons. The lowest BCUT2D eigenvalue weighted by molar-refractivity contribution is 0.0271. The second-order valence-electron chi connectivity index (χ2n) is 5.47. The van der Waals surface area contributed by atoms with Crippen molar-refractivity contribution >= 4 is 0 Å². The molecule has 1 heterocycles. The first-order chi connectivity index (χ1) is 9.79. The van der Waals surface area contributed by atoms with Crippen LogP contribution in [0.1, 0.15) is 24.5 Å². The zero-order chi connectivity index (χ0) is 14.0. The third kappa shape index (κ3) is 2.34. The maximum Gasteiger partial charge on any atom is 0.0978 e. The zero-order valence-corrected chi connectivity index (χ0v) is 11.6. The van der Waals surface area contributed by atoms with Crippen molar-refractivity contribution in [2.75, 3.05) is 13.8 Å². The summed E-state index contributed by atoms with van der Waals surface area (Å²) in [7, 11) is 1.66. The molecule has 3 rings (SSSR count). The molecule has 2 aromatic rings. The van der Waals surface area contributed by atoms with Crippen LogP contribution in [0, 0.1) is 5.41 Å². The predicted molar refractivity (Wildman–Crippen MR) is 77.1 cm³/mol. The fourth-order valence-electron chi connectivity index (χ4n) is 2.76. The monoisotopic (exact) mass is 271 g/mol. The molecule has 1 aromatic heterocycles. The van der Waals surface area contributed by atoms with Gasteiger partial charge in [-0.1, -0.05) is 24.3 Å². The van der Waals surface area contributed by atoms with Crippen molar-refractivity contribution in [1.29, 1.82) is 0 Å². The molecule has 0 saturated heterocycles. The normalized spacial score (nSPS) is 17.7. The molecule has 104 valence electrons. The summed E-state index contributed by atoms with van der Waals surface area (Å²) in [4.78, 5) is 4.02. The van der Waals surface area contributed by atoms with E-state index in [2.05, 4.69) is 17.1 Å². The van der Waals surface area contributed by atoms with Gasteiger partial charge in [-0.25, -0.2) is 0 Å². The largest absolute Gasteiger partial charge is 0.376 e. The molecular formula is C17H18FNO. The van der Waals surface area contributed by atoms with E-state index in [0.29, 0.717) is 0 Å². The van der Waals surface area contributed by atoms with Crippen molar-refractivity contribution in [2.24, 2.45) is 5.41 Å². The molecule has 0 N–H and O–H groups in total. The molecule has 0 spiro atoms. The summed E-state index contributed by atoms with van der Waals surface area (Å²) in [6.45, 7) is -0.308. The lowest BCUT2D eigenvalue weighted by Gasteiger charge is -2.23. The average Bonchev–Trinajstić information content (AvgIpc) is 3.31. The van der Waals surface area contributed by atoms with Crippen LogP contribution in [-0.4, -0.2) is 18.8 Å². The van der Waals surface area contributed by atoms with Crippen LogP contribution in [0.25, 0.3) is 11.1 Å². The van der Waals surface area contributed by atoms with E-state index in [1.165, 1.54) is 0 Å². The average molecular weight is 271 g/mol. The standard InChI is InChI=1S/C17H18FNO/c1-20-16(17(12-18)8-9-17)15-4-2-13(3-5-15)14-6-10-19-11-7-14/h2-7,10-11,16H,8-9,12H2,1H3. The summed E-state index contributed by atoms with van der Waals surface area (Å²) in [6.07, 6.45) is 5.24. The Morgan fingerprint density at radius 1 is 1.10 bits per heavy atom. The molecule has 1 fully saturated rings. The SMILES string of the molecule is COC(c1ccc(-c2ccncc2)cc1)C1(CF)CC1. The van der Waals surface area contributed by atoms with E-state index in [4.69, 9.17) is 4.74 Å². The van der Waals surface area contributed by atoms with Crippen LogP contribution >= 0.6 is 0 Å². The second kappa shape index (κ2) is 5.33. The second-order valence-corrected chi connectivity index (χ2v) is 5.47. The van der Waals surface area contributed by atoms with Crippen LogP contribution in [-0.2, 0) is 4.74 Å². The third-order valence-electron chi connectivity index (χ3n) is 4.18. The van der Waals surface area contributed by atoms with Crippen LogP contribution < -0.4 is 0 Å². The Kier molecular flexibility index (Phi) is 3.53. The molecule has 3 heteroatoms. The predicted octanol–water partition coefficient (Wildman–Crippen LogP) is 4.19. The van der Waals surface area contributed by atoms with E-state index in [-0.39, 0.29) is 18.2 Å². The van der Waals surface area contributed by atoms with Gasteiger partial charge in [0.2, 0.25) is 0 Å². The summed E-state index contributed by atoms with van der Waals surface area (Å²) in [6, 6.07) is 12.2. The molecule has 1 aliphatic rings. The van der Waals surface area contributed by atoms with Crippen LogP contribution in [0.2, 0.25) is 0 Å². The van der Waals surface area contributed by atoms with Gasteiger partial charge in [-0.2, -0.15) is 0 Å². The van der Waals surface area contributed by atoms with Crippen LogP contribution in [0.4, 0.5) is 4.39 Å². The number of ether oxygens (including phenoxy) is 1. The van der Waals surface area contributed by atoms with Gasteiger partial charge >= 0.3 is 0 Å². The molecule has 1 unspecified atom stereocenters. The Hall–Kier alpha value is -1.74.